The summed E-state index contributed by atoms with van der Waals surface area (Å²) >= 11 is 0. The largest absolute Gasteiger partial charge is 0.309 e. The molecule has 0 saturated heterocycles. The molecule has 2 heterocycles. The fourth-order valence-corrected chi connectivity index (χ4v) is 10.2. The molecule has 3 nitrogen and oxygen atoms in total. The third-order valence-electron chi connectivity index (χ3n) is 13.2. The van der Waals surface area contributed by atoms with Crippen LogP contribution in [0, 0.1) is 0 Å². The van der Waals surface area contributed by atoms with Crippen LogP contribution < -0.4 is 0 Å². The van der Waals surface area contributed by atoms with Gasteiger partial charge in [0, 0.05) is 32.7 Å². The van der Waals surface area contributed by atoms with E-state index in [0.717, 1.165) is 49.7 Å². The van der Waals surface area contributed by atoms with Crippen LogP contribution in [0.5, 0.6) is 0 Å². The van der Waals surface area contributed by atoms with Crippen molar-refractivity contribution in [2.45, 2.75) is 0 Å². The van der Waals surface area contributed by atoms with Crippen molar-refractivity contribution in [2.75, 3.05) is 0 Å². The van der Waals surface area contributed by atoms with E-state index in [1.807, 2.05) is 0 Å². The molecule has 0 fully saturated rings. The Morgan fingerprint density at radius 3 is 1.65 bits per heavy atom. The topological polar surface area (TPSA) is 30.7 Å². The fourth-order valence-electron chi connectivity index (χ4n) is 10.2. The lowest BCUT2D eigenvalue weighted by molar-refractivity contribution is 1.20. The lowest BCUT2D eigenvalue weighted by Crippen LogP contribution is -1.98. The average molecular weight is 826 g/mol. The zero-order valence-corrected chi connectivity index (χ0v) is 35.4. The van der Waals surface area contributed by atoms with Crippen LogP contribution in [0.3, 0.4) is 0 Å². The molecule has 0 spiro atoms. The summed E-state index contributed by atoms with van der Waals surface area (Å²) < 4.78 is 2.49. The van der Waals surface area contributed by atoms with Crippen LogP contribution in [0.15, 0.2) is 237 Å². The Morgan fingerprint density at radius 2 is 0.846 bits per heavy atom. The van der Waals surface area contributed by atoms with E-state index < -0.39 is 0 Å². The molecule has 3 heteroatoms. The summed E-state index contributed by atoms with van der Waals surface area (Å²) in [5, 5.41) is 10.7. The summed E-state index contributed by atoms with van der Waals surface area (Å²) in [4.78, 5) is 10.7. The molecule has 302 valence electrons. The van der Waals surface area contributed by atoms with Crippen molar-refractivity contribution in [3.63, 3.8) is 0 Å². The molecule has 0 amide bonds. The molecule has 0 bridgehead atoms. The molecular formula is C62H39N3. The van der Waals surface area contributed by atoms with Crippen LogP contribution in [-0.2, 0) is 0 Å². The monoisotopic (exact) mass is 825 g/mol. The Kier molecular flexibility index (Phi) is 8.53. The van der Waals surface area contributed by atoms with Crippen LogP contribution in [0.1, 0.15) is 0 Å². The number of para-hydroxylation sites is 1. The van der Waals surface area contributed by atoms with Gasteiger partial charge in [0.1, 0.15) is 0 Å². The third-order valence-corrected chi connectivity index (χ3v) is 13.2. The first-order chi connectivity index (χ1) is 32.2. The highest BCUT2D eigenvalue weighted by Crippen LogP contribution is 2.45. The number of rotatable bonds is 6. The number of hydrogen-bond acceptors (Lipinski definition) is 2. The standard InChI is InChI=1S/C62H39N3/c1-3-16-40(17-4-1)45-21-13-22-46(38-45)41-32-34-44(35-33-41)61-53-26-11-12-30-55(53)63-62(64-61)52-29-14-28-50-48(52)27-15-31-56(50)65-57-37-36-43-20-7-8-23-47(43)59(57)60-51-25-10-9-24-49(51)54(39-58(60)65)42-18-5-2-6-19-42/h1-39H. The molecule has 0 unspecified atom stereocenters. The lowest BCUT2D eigenvalue weighted by Gasteiger charge is -2.16. The van der Waals surface area contributed by atoms with Crippen molar-refractivity contribution in [3.05, 3.63) is 237 Å². The van der Waals surface area contributed by atoms with Crippen molar-refractivity contribution in [2.24, 2.45) is 0 Å². The van der Waals surface area contributed by atoms with Gasteiger partial charge in [0.2, 0.25) is 0 Å². The summed E-state index contributed by atoms with van der Waals surface area (Å²) in [7, 11) is 0. The first kappa shape index (κ1) is 36.9. The maximum atomic E-state index is 5.44. The Labute approximate surface area is 376 Å². The predicted octanol–water partition coefficient (Wildman–Crippen LogP) is 16.5. The molecule has 65 heavy (non-hydrogen) atoms. The maximum absolute atomic E-state index is 5.44. The number of fused-ring (bicyclic) bond motifs is 9. The van der Waals surface area contributed by atoms with E-state index in [-0.39, 0.29) is 0 Å². The van der Waals surface area contributed by atoms with Crippen LogP contribution in [0.4, 0.5) is 0 Å². The van der Waals surface area contributed by atoms with Crippen molar-refractivity contribution < 1.29 is 0 Å². The molecule has 0 aliphatic carbocycles. The van der Waals surface area contributed by atoms with Crippen molar-refractivity contribution in [1.29, 1.82) is 0 Å². The minimum atomic E-state index is 0.701. The van der Waals surface area contributed by atoms with Gasteiger partial charge in [0.25, 0.3) is 0 Å². The molecule has 0 aliphatic heterocycles. The van der Waals surface area contributed by atoms with E-state index in [1.54, 1.807) is 0 Å². The average Bonchev–Trinajstić information content (AvgIpc) is 3.73. The van der Waals surface area contributed by atoms with E-state index in [4.69, 9.17) is 9.97 Å². The fraction of sp³-hybridized carbons (Fsp3) is 0. The first-order valence-corrected chi connectivity index (χ1v) is 22.2. The Bertz CT molecular complexity index is 3980. The van der Waals surface area contributed by atoms with Crippen LogP contribution in [0.25, 0.3) is 127 Å². The Balaban J connectivity index is 1.00. The van der Waals surface area contributed by atoms with Gasteiger partial charge in [-0.1, -0.05) is 206 Å². The summed E-state index contributed by atoms with van der Waals surface area (Å²) in [6.45, 7) is 0. The zero-order valence-electron chi connectivity index (χ0n) is 35.4. The molecular weight excluding hydrogens is 787 g/mol. The van der Waals surface area contributed by atoms with Crippen LogP contribution >= 0.6 is 0 Å². The van der Waals surface area contributed by atoms with Gasteiger partial charge in [-0.3, -0.25) is 0 Å². The van der Waals surface area contributed by atoms with E-state index in [1.165, 1.54) is 71.2 Å². The molecule has 11 aromatic carbocycles. The van der Waals surface area contributed by atoms with E-state index in [0.29, 0.717) is 5.82 Å². The molecule has 0 aliphatic rings. The van der Waals surface area contributed by atoms with Gasteiger partial charge in [-0.2, -0.15) is 0 Å². The second kappa shape index (κ2) is 15.0. The van der Waals surface area contributed by atoms with Crippen molar-refractivity contribution in [3.8, 4) is 61.7 Å². The van der Waals surface area contributed by atoms with E-state index in [2.05, 4.69) is 241 Å². The molecule has 13 aromatic rings. The normalized spacial score (nSPS) is 11.7. The summed E-state index contributed by atoms with van der Waals surface area (Å²) in [5.41, 5.74) is 14.5. The lowest BCUT2D eigenvalue weighted by atomic mass is 9.94. The highest BCUT2D eigenvalue weighted by Gasteiger charge is 2.22. The van der Waals surface area contributed by atoms with Gasteiger partial charge in [-0.15, -0.1) is 0 Å². The Hall–Kier alpha value is -8.66. The van der Waals surface area contributed by atoms with Gasteiger partial charge < -0.3 is 4.57 Å². The van der Waals surface area contributed by atoms with Crippen LogP contribution in [0.2, 0.25) is 0 Å². The predicted molar refractivity (Wildman–Crippen MR) is 274 cm³/mol. The van der Waals surface area contributed by atoms with Gasteiger partial charge in [-0.25, -0.2) is 9.97 Å². The smallest absolute Gasteiger partial charge is 0.161 e. The number of aromatic nitrogens is 3. The minimum Gasteiger partial charge on any atom is -0.309 e. The summed E-state index contributed by atoms with van der Waals surface area (Å²) in [6, 6.07) is 85.2. The number of benzene rings is 11. The molecule has 13 rings (SSSR count). The second-order valence-electron chi connectivity index (χ2n) is 16.9. The number of hydrogen-bond donors (Lipinski definition) is 0. The first-order valence-electron chi connectivity index (χ1n) is 22.2. The quantitative estimate of drug-likeness (QED) is 0.167. The highest BCUT2D eigenvalue weighted by atomic mass is 15.0. The number of nitrogens with zero attached hydrogens (tertiary/aromatic N) is 3. The second-order valence-corrected chi connectivity index (χ2v) is 16.9. The third kappa shape index (κ3) is 6.05. The van der Waals surface area contributed by atoms with Gasteiger partial charge in [-0.05, 0) is 90.6 Å². The van der Waals surface area contributed by atoms with Crippen molar-refractivity contribution >= 4 is 65.0 Å². The minimum absolute atomic E-state index is 0.701. The zero-order chi connectivity index (χ0) is 42.8. The molecule has 2 aromatic heterocycles. The van der Waals surface area contributed by atoms with Gasteiger partial charge in [0.05, 0.1) is 27.9 Å². The summed E-state index contributed by atoms with van der Waals surface area (Å²) in [6.07, 6.45) is 0. The van der Waals surface area contributed by atoms with E-state index in [9.17, 15) is 0 Å². The highest BCUT2D eigenvalue weighted by molar-refractivity contribution is 6.30. The van der Waals surface area contributed by atoms with Gasteiger partial charge >= 0.3 is 0 Å². The Morgan fingerprint density at radius 1 is 0.292 bits per heavy atom. The maximum Gasteiger partial charge on any atom is 0.161 e. The summed E-state index contributed by atoms with van der Waals surface area (Å²) in [5.74, 6) is 0.701. The molecule has 0 N–H and O–H groups in total. The SMILES string of the molecule is c1ccc(-c2cccc(-c3ccc(-c4nc(-c5cccc6c(-n7c8ccc9ccccc9c8c8c9ccccc9c(-c9ccccc9)cc87)cccc56)nc5ccccc45)cc3)c2)cc1. The van der Waals surface area contributed by atoms with Crippen molar-refractivity contribution in [1.82, 2.24) is 14.5 Å². The molecule has 0 saturated carbocycles. The molecule has 0 radical (unpaired) electrons. The molecule has 0 atom stereocenters. The van der Waals surface area contributed by atoms with Gasteiger partial charge in [0.15, 0.2) is 5.82 Å². The van der Waals surface area contributed by atoms with E-state index >= 15 is 0 Å². The van der Waals surface area contributed by atoms with Crippen LogP contribution in [-0.4, -0.2) is 14.5 Å².